The smallest absolute Gasteiger partial charge is 0.344 e. The maximum atomic E-state index is 12.0. The maximum absolute atomic E-state index is 12.0. The van der Waals surface area contributed by atoms with E-state index in [9.17, 15) is 4.79 Å². The molecule has 0 spiro atoms. The van der Waals surface area contributed by atoms with E-state index in [1.807, 2.05) is 19.9 Å². The van der Waals surface area contributed by atoms with Crippen LogP contribution in [0, 0.1) is 13.8 Å². The number of hydrogen-bond donors (Lipinski definition) is 0. The summed E-state index contributed by atoms with van der Waals surface area (Å²) < 4.78 is 5.23. The Kier molecular flexibility index (Phi) is 4.58. The predicted octanol–water partition coefficient (Wildman–Crippen LogP) is 4.63. The van der Waals surface area contributed by atoms with Crippen LogP contribution in [0.2, 0.25) is 5.02 Å². The summed E-state index contributed by atoms with van der Waals surface area (Å²) in [6.45, 7) is 4.05. The van der Waals surface area contributed by atoms with Gasteiger partial charge in [0.2, 0.25) is 5.88 Å². The van der Waals surface area contributed by atoms with E-state index in [-0.39, 0.29) is 5.88 Å². The molecule has 1 aromatic heterocycles. The van der Waals surface area contributed by atoms with Crippen LogP contribution in [0.3, 0.4) is 0 Å². The van der Waals surface area contributed by atoms with Gasteiger partial charge in [0.15, 0.2) is 0 Å². The number of rotatable bonds is 3. The highest BCUT2D eigenvalue weighted by Gasteiger charge is 2.11. The Balaban J connectivity index is 1.78. The summed E-state index contributed by atoms with van der Waals surface area (Å²) in [5, 5.41) is 8.71. The molecule has 24 heavy (non-hydrogen) atoms. The lowest BCUT2D eigenvalue weighted by molar-refractivity contribution is 0.0726. The minimum atomic E-state index is -0.500. The Morgan fingerprint density at radius 2 is 1.71 bits per heavy atom. The molecule has 5 heteroatoms. The van der Waals surface area contributed by atoms with Crippen molar-refractivity contribution in [3.05, 3.63) is 76.3 Å². The van der Waals surface area contributed by atoms with Crippen LogP contribution in [-0.2, 0) is 0 Å². The number of halogens is 1. The van der Waals surface area contributed by atoms with Crippen LogP contribution < -0.4 is 4.74 Å². The van der Waals surface area contributed by atoms with E-state index in [0.29, 0.717) is 10.6 Å². The molecule has 0 aliphatic rings. The van der Waals surface area contributed by atoms with Crippen molar-refractivity contribution in [1.29, 1.82) is 0 Å². The van der Waals surface area contributed by atoms with E-state index in [1.165, 1.54) is 0 Å². The van der Waals surface area contributed by atoms with Gasteiger partial charge in [0.25, 0.3) is 0 Å². The number of aryl methyl sites for hydroxylation is 2. The SMILES string of the molecule is Cc1ccc(C)c(-c2ccc(OC(=O)c3ccc(Cl)cc3)nn2)c1. The van der Waals surface area contributed by atoms with Crippen molar-refractivity contribution in [2.75, 3.05) is 0 Å². The van der Waals surface area contributed by atoms with Gasteiger partial charge in [0.05, 0.1) is 11.3 Å². The third-order valence-electron chi connectivity index (χ3n) is 3.59. The summed E-state index contributed by atoms with van der Waals surface area (Å²) in [4.78, 5) is 12.0. The van der Waals surface area contributed by atoms with Crippen molar-refractivity contribution in [2.45, 2.75) is 13.8 Å². The molecule has 0 saturated carbocycles. The van der Waals surface area contributed by atoms with Crippen molar-refractivity contribution < 1.29 is 9.53 Å². The molecule has 3 rings (SSSR count). The summed E-state index contributed by atoms with van der Waals surface area (Å²) >= 11 is 5.80. The fourth-order valence-corrected chi connectivity index (χ4v) is 2.40. The molecular weight excluding hydrogens is 324 g/mol. The largest absolute Gasteiger partial charge is 0.402 e. The summed E-state index contributed by atoms with van der Waals surface area (Å²) in [6, 6.07) is 16.0. The van der Waals surface area contributed by atoms with Crippen molar-refractivity contribution >= 4 is 17.6 Å². The van der Waals surface area contributed by atoms with Crippen LogP contribution in [0.4, 0.5) is 0 Å². The first-order valence-corrected chi connectivity index (χ1v) is 7.80. The second kappa shape index (κ2) is 6.81. The lowest BCUT2D eigenvalue weighted by Crippen LogP contribution is -2.09. The van der Waals surface area contributed by atoms with E-state index < -0.39 is 5.97 Å². The third kappa shape index (κ3) is 3.60. The number of carbonyl (C=O) groups excluding carboxylic acids is 1. The molecule has 1 heterocycles. The first-order chi connectivity index (χ1) is 11.5. The number of hydrogen-bond acceptors (Lipinski definition) is 4. The van der Waals surface area contributed by atoms with Gasteiger partial charge in [-0.2, -0.15) is 0 Å². The second-order valence-corrected chi connectivity index (χ2v) is 5.91. The Morgan fingerprint density at radius 1 is 0.958 bits per heavy atom. The average Bonchev–Trinajstić information content (AvgIpc) is 2.58. The molecule has 120 valence electrons. The number of benzene rings is 2. The number of ether oxygens (including phenoxy) is 1. The summed E-state index contributed by atoms with van der Waals surface area (Å²) in [5.41, 5.74) is 4.41. The molecule has 0 atom stereocenters. The van der Waals surface area contributed by atoms with Gasteiger partial charge in [0.1, 0.15) is 0 Å². The van der Waals surface area contributed by atoms with Gasteiger partial charge >= 0.3 is 5.97 Å². The van der Waals surface area contributed by atoms with Crippen LogP contribution in [0.5, 0.6) is 5.88 Å². The van der Waals surface area contributed by atoms with Gasteiger partial charge in [-0.05, 0) is 55.8 Å². The molecule has 0 bridgehead atoms. The molecule has 2 aromatic carbocycles. The molecule has 0 saturated heterocycles. The second-order valence-electron chi connectivity index (χ2n) is 5.47. The Hall–Kier alpha value is -2.72. The molecule has 0 amide bonds. The fourth-order valence-electron chi connectivity index (χ4n) is 2.27. The van der Waals surface area contributed by atoms with E-state index in [4.69, 9.17) is 16.3 Å². The van der Waals surface area contributed by atoms with Gasteiger partial charge in [-0.3, -0.25) is 0 Å². The average molecular weight is 339 g/mol. The molecule has 0 aliphatic carbocycles. The molecular formula is C19H15ClN2O2. The third-order valence-corrected chi connectivity index (χ3v) is 3.84. The van der Waals surface area contributed by atoms with E-state index in [2.05, 4.69) is 22.3 Å². The standard InChI is InChI=1S/C19H15ClN2O2/c1-12-3-4-13(2)16(11-12)17-9-10-18(22-21-17)24-19(23)14-5-7-15(20)8-6-14/h3-11H,1-2H3. The van der Waals surface area contributed by atoms with Crippen LogP contribution in [-0.4, -0.2) is 16.2 Å². The highest BCUT2D eigenvalue weighted by Crippen LogP contribution is 2.23. The Bertz CT molecular complexity index is 875. The van der Waals surface area contributed by atoms with Crippen molar-refractivity contribution in [2.24, 2.45) is 0 Å². The number of carbonyl (C=O) groups is 1. The van der Waals surface area contributed by atoms with Gasteiger partial charge in [-0.1, -0.05) is 29.3 Å². The van der Waals surface area contributed by atoms with Gasteiger partial charge < -0.3 is 4.74 Å². The van der Waals surface area contributed by atoms with Crippen LogP contribution >= 0.6 is 11.6 Å². The first-order valence-electron chi connectivity index (χ1n) is 7.42. The van der Waals surface area contributed by atoms with Crippen LogP contribution in [0.25, 0.3) is 11.3 Å². The number of esters is 1. The normalized spacial score (nSPS) is 10.5. The zero-order valence-electron chi connectivity index (χ0n) is 13.3. The molecule has 0 radical (unpaired) electrons. The minimum Gasteiger partial charge on any atom is -0.402 e. The van der Waals surface area contributed by atoms with E-state index in [1.54, 1.807) is 36.4 Å². The zero-order chi connectivity index (χ0) is 17.1. The molecule has 0 N–H and O–H groups in total. The topological polar surface area (TPSA) is 52.1 Å². The quantitative estimate of drug-likeness (QED) is 0.653. The van der Waals surface area contributed by atoms with E-state index in [0.717, 1.165) is 22.4 Å². The van der Waals surface area contributed by atoms with E-state index >= 15 is 0 Å². The van der Waals surface area contributed by atoms with Crippen molar-refractivity contribution in [3.8, 4) is 17.1 Å². The number of aromatic nitrogens is 2. The molecule has 4 nitrogen and oxygen atoms in total. The van der Waals surface area contributed by atoms with Crippen molar-refractivity contribution in [1.82, 2.24) is 10.2 Å². The predicted molar refractivity (Wildman–Crippen MR) is 93.4 cm³/mol. The monoisotopic (exact) mass is 338 g/mol. The molecule has 0 unspecified atom stereocenters. The van der Waals surface area contributed by atoms with Gasteiger partial charge in [-0.25, -0.2) is 4.79 Å². The van der Waals surface area contributed by atoms with Gasteiger partial charge in [0, 0.05) is 16.7 Å². The fraction of sp³-hybridized carbons (Fsp3) is 0.105. The van der Waals surface area contributed by atoms with Crippen molar-refractivity contribution in [3.63, 3.8) is 0 Å². The molecule has 0 aliphatic heterocycles. The first kappa shape index (κ1) is 16.1. The summed E-state index contributed by atoms with van der Waals surface area (Å²) in [5.74, 6) is -0.343. The lowest BCUT2D eigenvalue weighted by Gasteiger charge is -2.07. The summed E-state index contributed by atoms with van der Waals surface area (Å²) in [6.07, 6.45) is 0. The Labute approximate surface area is 145 Å². The minimum absolute atomic E-state index is 0.156. The number of nitrogens with zero attached hydrogens (tertiary/aromatic N) is 2. The molecule has 3 aromatic rings. The highest BCUT2D eigenvalue weighted by molar-refractivity contribution is 6.30. The van der Waals surface area contributed by atoms with Crippen LogP contribution in [0.15, 0.2) is 54.6 Å². The zero-order valence-corrected chi connectivity index (χ0v) is 14.0. The Morgan fingerprint density at radius 3 is 2.38 bits per heavy atom. The van der Waals surface area contributed by atoms with Crippen LogP contribution in [0.1, 0.15) is 21.5 Å². The highest BCUT2D eigenvalue weighted by atomic mass is 35.5. The maximum Gasteiger partial charge on any atom is 0.344 e. The van der Waals surface area contributed by atoms with Gasteiger partial charge in [-0.15, -0.1) is 10.2 Å². The molecule has 0 fully saturated rings. The lowest BCUT2D eigenvalue weighted by atomic mass is 10.0. The summed E-state index contributed by atoms with van der Waals surface area (Å²) in [7, 11) is 0.